The van der Waals surface area contributed by atoms with Gasteiger partial charge in [-0.1, -0.05) is 6.07 Å². The third kappa shape index (κ3) is 3.88. The number of benzene rings is 1. The second kappa shape index (κ2) is 6.09. The number of hydrogen-bond acceptors (Lipinski definition) is 2. The molecule has 5 heteroatoms. The summed E-state index contributed by atoms with van der Waals surface area (Å²) >= 11 is 8.32. The van der Waals surface area contributed by atoms with Gasteiger partial charge in [-0.15, -0.1) is 11.3 Å². The van der Waals surface area contributed by atoms with Crippen molar-refractivity contribution in [3.05, 3.63) is 54.8 Å². The van der Waals surface area contributed by atoms with Crippen molar-refractivity contribution in [3.8, 4) is 0 Å². The van der Waals surface area contributed by atoms with Crippen molar-refractivity contribution in [2.24, 2.45) is 0 Å². The Morgan fingerprint density at radius 3 is 2.59 bits per heavy atom. The number of hydrogen-bond donors (Lipinski definition) is 1. The minimum atomic E-state index is -0.226. The molecule has 1 N–H and O–H groups in total. The zero-order valence-corrected chi connectivity index (χ0v) is 12.8. The lowest BCUT2D eigenvalue weighted by atomic mass is 10.2. The molecule has 17 heavy (non-hydrogen) atoms. The van der Waals surface area contributed by atoms with Gasteiger partial charge in [0.1, 0.15) is 5.82 Å². The second-order valence-electron chi connectivity index (χ2n) is 3.56. The van der Waals surface area contributed by atoms with Gasteiger partial charge in [-0.2, -0.15) is 0 Å². The van der Waals surface area contributed by atoms with Gasteiger partial charge in [0, 0.05) is 18.0 Å². The maximum atomic E-state index is 13.0. The highest BCUT2D eigenvalue weighted by Crippen LogP contribution is 2.22. The lowest BCUT2D eigenvalue weighted by Crippen LogP contribution is -2.11. The van der Waals surface area contributed by atoms with Crippen LogP contribution >= 0.6 is 43.2 Å². The molecule has 1 heterocycles. The third-order valence-electron chi connectivity index (χ3n) is 2.24. The van der Waals surface area contributed by atoms with Gasteiger partial charge in [-0.05, 0) is 61.7 Å². The topological polar surface area (TPSA) is 12.0 Å². The van der Waals surface area contributed by atoms with E-state index in [2.05, 4.69) is 43.2 Å². The van der Waals surface area contributed by atoms with Crippen molar-refractivity contribution in [1.29, 1.82) is 0 Å². The highest BCUT2D eigenvalue weighted by Gasteiger charge is 2.01. The van der Waals surface area contributed by atoms with E-state index in [1.54, 1.807) is 23.5 Å². The monoisotopic (exact) mass is 377 g/mol. The van der Waals surface area contributed by atoms with E-state index in [0.29, 0.717) is 4.47 Å². The summed E-state index contributed by atoms with van der Waals surface area (Å²) in [6.45, 7) is 1.56. The van der Waals surface area contributed by atoms with Gasteiger partial charge in [0.05, 0.1) is 8.26 Å². The number of nitrogens with one attached hydrogen (secondary N) is 1. The molecular weight excluding hydrogens is 369 g/mol. The van der Waals surface area contributed by atoms with E-state index in [9.17, 15) is 4.39 Å². The molecule has 1 aromatic carbocycles. The molecule has 0 fully saturated rings. The Labute approximate surface area is 120 Å². The maximum absolute atomic E-state index is 13.0. The summed E-state index contributed by atoms with van der Waals surface area (Å²) in [5.41, 5.74) is 1.06. The molecule has 0 saturated carbocycles. The molecule has 0 saturated heterocycles. The molecule has 1 aromatic heterocycles. The Morgan fingerprint density at radius 1 is 1.12 bits per heavy atom. The first-order valence-electron chi connectivity index (χ1n) is 5.04. The van der Waals surface area contributed by atoms with E-state index < -0.39 is 0 Å². The smallest absolute Gasteiger partial charge is 0.137 e. The molecule has 0 spiro atoms. The lowest BCUT2D eigenvalue weighted by Gasteiger charge is -2.04. The van der Waals surface area contributed by atoms with E-state index in [1.807, 2.05) is 6.07 Å². The molecule has 90 valence electrons. The van der Waals surface area contributed by atoms with Gasteiger partial charge in [0.15, 0.2) is 0 Å². The molecule has 0 atom stereocenters. The summed E-state index contributed by atoms with van der Waals surface area (Å²) in [5.74, 6) is -0.226. The predicted octanol–water partition coefficient (Wildman–Crippen LogP) is 4.70. The van der Waals surface area contributed by atoms with Crippen LogP contribution in [-0.4, -0.2) is 0 Å². The van der Waals surface area contributed by atoms with E-state index in [0.717, 1.165) is 22.4 Å². The SMILES string of the molecule is Fc1ccc(CNCc2ccc(Br)s2)cc1Br. The van der Waals surface area contributed by atoms with Crippen molar-refractivity contribution >= 4 is 43.2 Å². The number of halogens is 3. The fourth-order valence-electron chi connectivity index (χ4n) is 1.43. The zero-order chi connectivity index (χ0) is 12.3. The third-order valence-corrected chi connectivity index (χ3v) is 4.47. The molecule has 0 unspecified atom stereocenters. The van der Waals surface area contributed by atoms with Gasteiger partial charge < -0.3 is 5.32 Å². The summed E-state index contributed by atoms with van der Waals surface area (Å²) < 4.78 is 14.7. The van der Waals surface area contributed by atoms with Crippen molar-refractivity contribution < 1.29 is 4.39 Å². The molecule has 0 amide bonds. The Bertz CT molecular complexity index is 513. The van der Waals surface area contributed by atoms with Crippen LogP contribution in [0.1, 0.15) is 10.4 Å². The molecule has 0 aliphatic heterocycles. The van der Waals surface area contributed by atoms with Gasteiger partial charge in [-0.25, -0.2) is 4.39 Å². The second-order valence-corrected chi connectivity index (χ2v) is 6.96. The summed E-state index contributed by atoms with van der Waals surface area (Å²) in [5, 5.41) is 3.32. The van der Waals surface area contributed by atoms with E-state index in [-0.39, 0.29) is 5.82 Å². The minimum absolute atomic E-state index is 0.226. The maximum Gasteiger partial charge on any atom is 0.137 e. The van der Waals surface area contributed by atoms with Crippen LogP contribution in [0, 0.1) is 5.82 Å². The van der Waals surface area contributed by atoms with Crippen molar-refractivity contribution in [1.82, 2.24) is 5.32 Å². The minimum Gasteiger partial charge on any atom is -0.308 e. The first-order valence-corrected chi connectivity index (χ1v) is 7.44. The lowest BCUT2D eigenvalue weighted by molar-refractivity contribution is 0.618. The molecular formula is C12H10Br2FNS. The summed E-state index contributed by atoms with van der Waals surface area (Å²) in [7, 11) is 0. The van der Waals surface area contributed by atoms with Crippen molar-refractivity contribution in [2.75, 3.05) is 0 Å². The largest absolute Gasteiger partial charge is 0.308 e. The highest BCUT2D eigenvalue weighted by molar-refractivity contribution is 9.11. The van der Waals surface area contributed by atoms with E-state index in [4.69, 9.17) is 0 Å². The fraction of sp³-hybridized carbons (Fsp3) is 0.167. The van der Waals surface area contributed by atoms with Gasteiger partial charge in [0.25, 0.3) is 0 Å². The first-order chi connectivity index (χ1) is 8.15. The summed E-state index contributed by atoms with van der Waals surface area (Å²) in [4.78, 5) is 1.28. The molecule has 0 aliphatic rings. The molecule has 2 rings (SSSR count). The summed E-state index contributed by atoms with van der Waals surface area (Å²) in [6.07, 6.45) is 0. The molecule has 2 aromatic rings. The Hall–Kier alpha value is -0.230. The van der Waals surface area contributed by atoms with E-state index >= 15 is 0 Å². The van der Waals surface area contributed by atoms with E-state index in [1.165, 1.54) is 10.9 Å². The van der Waals surface area contributed by atoms with Crippen LogP contribution in [0.15, 0.2) is 38.6 Å². The van der Waals surface area contributed by atoms with Crippen LogP contribution in [0.3, 0.4) is 0 Å². The van der Waals surface area contributed by atoms with Crippen LogP contribution in [-0.2, 0) is 13.1 Å². The molecule has 0 radical (unpaired) electrons. The zero-order valence-electron chi connectivity index (χ0n) is 8.84. The van der Waals surface area contributed by atoms with Crippen LogP contribution in [0.5, 0.6) is 0 Å². The van der Waals surface area contributed by atoms with Gasteiger partial charge >= 0.3 is 0 Å². The van der Waals surface area contributed by atoms with Crippen molar-refractivity contribution in [2.45, 2.75) is 13.1 Å². The molecule has 0 bridgehead atoms. The van der Waals surface area contributed by atoms with Crippen molar-refractivity contribution in [3.63, 3.8) is 0 Å². The predicted molar refractivity (Wildman–Crippen MR) is 76.7 cm³/mol. The summed E-state index contributed by atoms with van der Waals surface area (Å²) in [6, 6.07) is 9.19. The standard InChI is InChI=1S/C12H10Br2FNS/c13-10-5-8(1-3-11(10)15)6-16-7-9-2-4-12(14)17-9/h1-5,16H,6-7H2. The van der Waals surface area contributed by atoms with Crippen LogP contribution in [0.2, 0.25) is 0 Å². The average Bonchev–Trinajstić information content (AvgIpc) is 2.70. The molecule has 0 aliphatic carbocycles. The first kappa shape index (κ1) is 13.2. The number of thiophene rings is 1. The fourth-order valence-corrected chi connectivity index (χ4v) is 3.31. The number of rotatable bonds is 4. The average molecular weight is 379 g/mol. The molecule has 1 nitrogen and oxygen atoms in total. The highest BCUT2D eigenvalue weighted by atomic mass is 79.9. The van der Waals surface area contributed by atoms with Crippen LogP contribution in [0.25, 0.3) is 0 Å². The Balaban J connectivity index is 1.87. The quantitative estimate of drug-likeness (QED) is 0.812. The van der Waals surface area contributed by atoms with Crippen LogP contribution in [0.4, 0.5) is 4.39 Å². The van der Waals surface area contributed by atoms with Gasteiger partial charge in [-0.3, -0.25) is 0 Å². The van der Waals surface area contributed by atoms with Gasteiger partial charge in [0.2, 0.25) is 0 Å². The van der Waals surface area contributed by atoms with Crippen LogP contribution < -0.4 is 5.32 Å². The Kier molecular flexibility index (Phi) is 4.73. The Morgan fingerprint density at radius 2 is 1.94 bits per heavy atom. The normalized spacial score (nSPS) is 10.8.